The normalized spacial score (nSPS) is 10.7. The molecule has 0 aromatic heterocycles. The number of halogens is 2. The SMILES string of the molecule is CC(C)(N)c1ccc(Br)cc1.Cl. The number of rotatable bonds is 1. The Kier molecular flexibility index (Phi) is 4.24. The Bertz CT molecular complexity index is 238. The molecule has 0 aliphatic rings. The summed E-state index contributed by atoms with van der Waals surface area (Å²) < 4.78 is 1.09. The number of hydrogen-bond acceptors (Lipinski definition) is 1. The fourth-order valence-electron chi connectivity index (χ4n) is 0.879. The van der Waals surface area contributed by atoms with Gasteiger partial charge in [-0.1, -0.05) is 28.1 Å². The third-order valence-electron chi connectivity index (χ3n) is 1.59. The van der Waals surface area contributed by atoms with E-state index in [0.717, 1.165) is 10.0 Å². The maximum Gasteiger partial charge on any atom is 0.0352 e. The molecule has 1 aromatic rings. The lowest BCUT2D eigenvalue weighted by Gasteiger charge is -2.18. The van der Waals surface area contributed by atoms with Gasteiger partial charge < -0.3 is 5.73 Å². The monoisotopic (exact) mass is 249 g/mol. The zero-order valence-electron chi connectivity index (χ0n) is 7.17. The Morgan fingerprint density at radius 2 is 1.58 bits per heavy atom. The van der Waals surface area contributed by atoms with Crippen molar-refractivity contribution in [2.75, 3.05) is 0 Å². The van der Waals surface area contributed by atoms with Crippen LogP contribution in [-0.2, 0) is 5.54 Å². The van der Waals surface area contributed by atoms with Gasteiger partial charge >= 0.3 is 0 Å². The summed E-state index contributed by atoms with van der Waals surface area (Å²) in [6, 6.07) is 8.07. The van der Waals surface area contributed by atoms with E-state index in [0.29, 0.717) is 0 Å². The summed E-state index contributed by atoms with van der Waals surface area (Å²) in [6.45, 7) is 3.99. The van der Waals surface area contributed by atoms with Crippen molar-refractivity contribution in [2.45, 2.75) is 19.4 Å². The number of benzene rings is 1. The highest BCUT2D eigenvalue weighted by molar-refractivity contribution is 9.10. The highest BCUT2D eigenvalue weighted by Crippen LogP contribution is 2.18. The van der Waals surface area contributed by atoms with Crippen molar-refractivity contribution in [2.24, 2.45) is 5.73 Å². The van der Waals surface area contributed by atoms with Crippen molar-refractivity contribution >= 4 is 28.3 Å². The average Bonchev–Trinajstić information content (AvgIpc) is 1.86. The van der Waals surface area contributed by atoms with E-state index < -0.39 is 0 Å². The molecule has 0 aliphatic heterocycles. The molecule has 0 amide bonds. The summed E-state index contributed by atoms with van der Waals surface area (Å²) in [6.07, 6.45) is 0. The molecule has 0 atom stereocenters. The summed E-state index contributed by atoms with van der Waals surface area (Å²) in [7, 11) is 0. The van der Waals surface area contributed by atoms with Gasteiger partial charge in [0.25, 0.3) is 0 Å². The summed E-state index contributed by atoms with van der Waals surface area (Å²) in [5, 5.41) is 0. The minimum absolute atomic E-state index is 0. The summed E-state index contributed by atoms with van der Waals surface area (Å²) in [5.74, 6) is 0. The first-order chi connectivity index (χ1) is 5.00. The molecule has 0 unspecified atom stereocenters. The largest absolute Gasteiger partial charge is 0.322 e. The van der Waals surface area contributed by atoms with Crippen LogP contribution < -0.4 is 5.73 Å². The van der Waals surface area contributed by atoms with E-state index in [1.54, 1.807) is 0 Å². The highest BCUT2D eigenvalue weighted by Gasteiger charge is 2.12. The Morgan fingerprint density at radius 3 is 1.92 bits per heavy atom. The Morgan fingerprint density at radius 1 is 1.17 bits per heavy atom. The lowest BCUT2D eigenvalue weighted by atomic mass is 9.96. The second kappa shape index (κ2) is 4.26. The second-order valence-electron chi connectivity index (χ2n) is 3.23. The van der Waals surface area contributed by atoms with Crippen molar-refractivity contribution in [3.63, 3.8) is 0 Å². The van der Waals surface area contributed by atoms with E-state index in [4.69, 9.17) is 5.73 Å². The molecule has 12 heavy (non-hydrogen) atoms. The van der Waals surface area contributed by atoms with Crippen LogP contribution in [0, 0.1) is 0 Å². The molecule has 68 valence electrons. The second-order valence-corrected chi connectivity index (χ2v) is 4.14. The lowest BCUT2D eigenvalue weighted by molar-refractivity contribution is 0.554. The van der Waals surface area contributed by atoms with Gasteiger partial charge in [-0.05, 0) is 31.5 Å². The van der Waals surface area contributed by atoms with Crippen LogP contribution in [0.1, 0.15) is 19.4 Å². The first-order valence-electron chi connectivity index (χ1n) is 3.55. The fraction of sp³-hybridized carbons (Fsp3) is 0.333. The molecule has 0 heterocycles. The van der Waals surface area contributed by atoms with Gasteiger partial charge in [0.2, 0.25) is 0 Å². The van der Waals surface area contributed by atoms with E-state index in [1.165, 1.54) is 0 Å². The van der Waals surface area contributed by atoms with Gasteiger partial charge in [-0.2, -0.15) is 0 Å². The van der Waals surface area contributed by atoms with Crippen molar-refractivity contribution in [3.05, 3.63) is 34.3 Å². The molecule has 0 spiro atoms. The van der Waals surface area contributed by atoms with Gasteiger partial charge in [0, 0.05) is 10.0 Å². The molecule has 0 radical (unpaired) electrons. The van der Waals surface area contributed by atoms with Crippen LogP contribution in [0.2, 0.25) is 0 Å². The van der Waals surface area contributed by atoms with E-state index in [9.17, 15) is 0 Å². The summed E-state index contributed by atoms with van der Waals surface area (Å²) in [4.78, 5) is 0. The average molecular weight is 251 g/mol. The minimum atomic E-state index is -0.235. The molecule has 0 saturated heterocycles. The van der Waals surface area contributed by atoms with Crippen LogP contribution >= 0.6 is 28.3 Å². The smallest absolute Gasteiger partial charge is 0.0352 e. The molecule has 0 bridgehead atoms. The molecular formula is C9H13BrClN. The van der Waals surface area contributed by atoms with Gasteiger partial charge in [0.05, 0.1) is 0 Å². The van der Waals surface area contributed by atoms with E-state index in [2.05, 4.69) is 15.9 Å². The highest BCUT2D eigenvalue weighted by atomic mass is 79.9. The van der Waals surface area contributed by atoms with Crippen LogP contribution in [0.25, 0.3) is 0 Å². The zero-order chi connectivity index (χ0) is 8.48. The van der Waals surface area contributed by atoms with Crippen LogP contribution in [-0.4, -0.2) is 0 Å². The van der Waals surface area contributed by atoms with Gasteiger partial charge in [0.15, 0.2) is 0 Å². The molecular weight excluding hydrogens is 237 g/mol. The van der Waals surface area contributed by atoms with E-state index >= 15 is 0 Å². The molecule has 0 aliphatic carbocycles. The predicted octanol–water partition coefficient (Wildman–Crippen LogP) is 3.06. The number of nitrogens with two attached hydrogens (primary N) is 1. The van der Waals surface area contributed by atoms with Gasteiger partial charge in [-0.25, -0.2) is 0 Å². The van der Waals surface area contributed by atoms with Crippen molar-refractivity contribution < 1.29 is 0 Å². The van der Waals surface area contributed by atoms with Crippen LogP contribution in [0.15, 0.2) is 28.7 Å². The molecule has 1 nitrogen and oxygen atoms in total. The Balaban J connectivity index is 0.00000121. The zero-order valence-corrected chi connectivity index (χ0v) is 9.58. The van der Waals surface area contributed by atoms with Crippen molar-refractivity contribution in [1.29, 1.82) is 0 Å². The Labute approximate surface area is 87.9 Å². The van der Waals surface area contributed by atoms with Crippen molar-refractivity contribution in [3.8, 4) is 0 Å². The predicted molar refractivity (Wildman–Crippen MR) is 58.6 cm³/mol. The number of hydrogen-bond donors (Lipinski definition) is 1. The van der Waals surface area contributed by atoms with Gasteiger partial charge in [0.1, 0.15) is 0 Å². The standard InChI is InChI=1S/C9H12BrN.ClH/c1-9(2,11)7-3-5-8(10)6-4-7;/h3-6H,11H2,1-2H3;1H. The summed E-state index contributed by atoms with van der Waals surface area (Å²) >= 11 is 3.37. The molecule has 1 rings (SSSR count). The maximum absolute atomic E-state index is 5.89. The van der Waals surface area contributed by atoms with Crippen LogP contribution in [0.3, 0.4) is 0 Å². The fourth-order valence-corrected chi connectivity index (χ4v) is 1.14. The van der Waals surface area contributed by atoms with E-state index in [1.807, 2.05) is 38.1 Å². The van der Waals surface area contributed by atoms with Crippen LogP contribution in [0.4, 0.5) is 0 Å². The van der Waals surface area contributed by atoms with Gasteiger partial charge in [-0.15, -0.1) is 12.4 Å². The Hall–Kier alpha value is -0.0500. The first-order valence-corrected chi connectivity index (χ1v) is 4.34. The summed E-state index contributed by atoms with van der Waals surface area (Å²) in [5.41, 5.74) is 6.81. The lowest BCUT2D eigenvalue weighted by Crippen LogP contribution is -2.28. The first kappa shape index (κ1) is 11.9. The topological polar surface area (TPSA) is 26.0 Å². The minimum Gasteiger partial charge on any atom is -0.322 e. The van der Waals surface area contributed by atoms with Crippen LogP contribution in [0.5, 0.6) is 0 Å². The quantitative estimate of drug-likeness (QED) is 0.814. The molecule has 2 N–H and O–H groups in total. The molecule has 3 heteroatoms. The molecule has 0 fully saturated rings. The maximum atomic E-state index is 5.89. The molecule has 1 aromatic carbocycles. The molecule has 0 saturated carbocycles. The third kappa shape index (κ3) is 3.13. The van der Waals surface area contributed by atoms with E-state index in [-0.39, 0.29) is 17.9 Å². The van der Waals surface area contributed by atoms with Gasteiger partial charge in [-0.3, -0.25) is 0 Å². The third-order valence-corrected chi connectivity index (χ3v) is 2.12. The van der Waals surface area contributed by atoms with Crippen molar-refractivity contribution in [1.82, 2.24) is 0 Å².